The van der Waals surface area contributed by atoms with E-state index in [-0.39, 0.29) is 18.1 Å². The third-order valence-corrected chi connectivity index (χ3v) is 2.49. The fourth-order valence-electron chi connectivity index (χ4n) is 1.76. The van der Waals surface area contributed by atoms with E-state index in [1.165, 1.54) is 0 Å². The highest BCUT2D eigenvalue weighted by Crippen LogP contribution is 2.31. The van der Waals surface area contributed by atoms with E-state index in [0.29, 0.717) is 19.7 Å². The zero-order valence-corrected chi connectivity index (χ0v) is 10.4. The van der Waals surface area contributed by atoms with Gasteiger partial charge in [0, 0.05) is 20.2 Å². The lowest BCUT2D eigenvalue weighted by Gasteiger charge is -2.48. The Balaban J connectivity index is 2.42. The Morgan fingerprint density at radius 3 is 2.38 bits per heavy atom. The van der Waals surface area contributed by atoms with E-state index in [0.717, 1.165) is 0 Å². The van der Waals surface area contributed by atoms with Crippen molar-refractivity contribution >= 4 is 6.09 Å². The van der Waals surface area contributed by atoms with Gasteiger partial charge in [0.15, 0.2) is 0 Å². The minimum Gasteiger partial charge on any atom is -0.444 e. The molecule has 0 aromatic rings. The quantitative estimate of drug-likeness (QED) is 0.782. The number of hydrogen-bond donors (Lipinski definition) is 1. The molecule has 0 spiro atoms. The molecule has 0 saturated carbocycles. The van der Waals surface area contributed by atoms with Crippen LogP contribution in [0.3, 0.4) is 0 Å². The molecule has 0 radical (unpaired) electrons. The normalized spacial score (nSPS) is 19.2. The first kappa shape index (κ1) is 13.3. The van der Waals surface area contributed by atoms with E-state index < -0.39 is 5.60 Å². The summed E-state index contributed by atoms with van der Waals surface area (Å²) >= 11 is 0. The van der Waals surface area contributed by atoms with E-state index in [1.54, 1.807) is 12.0 Å². The molecule has 1 saturated heterocycles. The van der Waals surface area contributed by atoms with Crippen molar-refractivity contribution in [3.05, 3.63) is 0 Å². The van der Waals surface area contributed by atoms with Crippen molar-refractivity contribution in [2.75, 3.05) is 33.4 Å². The second-order valence-corrected chi connectivity index (χ2v) is 5.43. The lowest BCUT2D eigenvalue weighted by molar-refractivity contribution is -0.0868. The molecule has 1 N–H and O–H groups in total. The van der Waals surface area contributed by atoms with Crippen LogP contribution in [0.2, 0.25) is 0 Å². The highest BCUT2D eigenvalue weighted by molar-refractivity contribution is 5.69. The Morgan fingerprint density at radius 2 is 2.00 bits per heavy atom. The summed E-state index contributed by atoms with van der Waals surface area (Å²) in [4.78, 5) is 13.2. The Kier molecular flexibility index (Phi) is 3.80. The van der Waals surface area contributed by atoms with Gasteiger partial charge in [0.05, 0.1) is 18.6 Å². The van der Waals surface area contributed by atoms with Crippen LogP contribution in [-0.2, 0) is 9.47 Å². The van der Waals surface area contributed by atoms with Crippen LogP contribution in [0.25, 0.3) is 0 Å². The standard InChI is InChI=1S/C11H21NO4/c1-10(2,3)16-9(14)12-5-11(6-12,7-13)8-15-4/h13H,5-8H2,1-4H3. The Labute approximate surface area is 96.3 Å². The predicted molar refractivity (Wildman–Crippen MR) is 59.2 cm³/mol. The van der Waals surface area contributed by atoms with Crippen LogP contribution >= 0.6 is 0 Å². The van der Waals surface area contributed by atoms with Gasteiger partial charge >= 0.3 is 6.09 Å². The van der Waals surface area contributed by atoms with E-state index in [2.05, 4.69) is 0 Å². The molecule has 16 heavy (non-hydrogen) atoms. The lowest BCUT2D eigenvalue weighted by atomic mass is 9.82. The number of aliphatic hydroxyl groups excluding tert-OH is 1. The highest BCUT2D eigenvalue weighted by atomic mass is 16.6. The number of ether oxygens (including phenoxy) is 2. The maximum atomic E-state index is 11.6. The molecule has 0 atom stereocenters. The Bertz CT molecular complexity index is 253. The molecule has 1 rings (SSSR count). The number of likely N-dealkylation sites (tertiary alicyclic amines) is 1. The molecule has 1 aliphatic rings. The largest absolute Gasteiger partial charge is 0.444 e. The number of amides is 1. The van der Waals surface area contributed by atoms with Crippen LogP contribution < -0.4 is 0 Å². The molecule has 0 aliphatic carbocycles. The second kappa shape index (κ2) is 4.59. The molecule has 0 aromatic heterocycles. The molecular weight excluding hydrogens is 210 g/mol. The average molecular weight is 231 g/mol. The van der Waals surface area contributed by atoms with Crippen molar-refractivity contribution in [3.8, 4) is 0 Å². The van der Waals surface area contributed by atoms with Gasteiger partial charge < -0.3 is 19.5 Å². The molecule has 0 unspecified atom stereocenters. The van der Waals surface area contributed by atoms with Gasteiger partial charge in [-0.25, -0.2) is 4.79 Å². The Hall–Kier alpha value is -0.810. The van der Waals surface area contributed by atoms with Crippen molar-refractivity contribution in [1.82, 2.24) is 4.90 Å². The van der Waals surface area contributed by atoms with Crippen LogP contribution in [0.4, 0.5) is 4.79 Å². The van der Waals surface area contributed by atoms with Gasteiger partial charge in [-0.2, -0.15) is 0 Å². The molecule has 0 aromatic carbocycles. The van der Waals surface area contributed by atoms with Crippen LogP contribution in [0.5, 0.6) is 0 Å². The van der Waals surface area contributed by atoms with E-state index in [9.17, 15) is 9.90 Å². The van der Waals surface area contributed by atoms with Gasteiger partial charge in [-0.15, -0.1) is 0 Å². The zero-order chi connectivity index (χ0) is 12.4. The molecule has 1 fully saturated rings. The minimum atomic E-state index is -0.476. The van der Waals surface area contributed by atoms with Crippen LogP contribution in [0, 0.1) is 5.41 Å². The van der Waals surface area contributed by atoms with Gasteiger partial charge in [0.2, 0.25) is 0 Å². The van der Waals surface area contributed by atoms with Crippen molar-refractivity contribution in [3.63, 3.8) is 0 Å². The van der Waals surface area contributed by atoms with Gasteiger partial charge in [-0.3, -0.25) is 0 Å². The van der Waals surface area contributed by atoms with Gasteiger partial charge in [-0.05, 0) is 20.8 Å². The fourth-order valence-corrected chi connectivity index (χ4v) is 1.76. The van der Waals surface area contributed by atoms with E-state index in [1.807, 2.05) is 20.8 Å². The molecule has 1 aliphatic heterocycles. The summed E-state index contributed by atoms with van der Waals surface area (Å²) in [5, 5.41) is 9.24. The molecule has 5 heteroatoms. The van der Waals surface area contributed by atoms with Crippen molar-refractivity contribution in [1.29, 1.82) is 0 Å². The molecular formula is C11H21NO4. The minimum absolute atomic E-state index is 0.0279. The van der Waals surface area contributed by atoms with Gasteiger partial charge in [0.1, 0.15) is 5.60 Å². The first-order valence-electron chi connectivity index (χ1n) is 5.40. The summed E-state index contributed by atoms with van der Waals surface area (Å²) in [5.41, 5.74) is -0.776. The lowest BCUT2D eigenvalue weighted by Crippen LogP contribution is -2.62. The summed E-state index contributed by atoms with van der Waals surface area (Å²) < 4.78 is 10.3. The number of hydrogen-bond acceptors (Lipinski definition) is 4. The smallest absolute Gasteiger partial charge is 0.410 e. The highest BCUT2D eigenvalue weighted by Gasteiger charge is 2.46. The maximum Gasteiger partial charge on any atom is 0.410 e. The van der Waals surface area contributed by atoms with E-state index >= 15 is 0 Å². The topological polar surface area (TPSA) is 59.0 Å². The summed E-state index contributed by atoms with van der Waals surface area (Å²) in [5.74, 6) is 0. The van der Waals surface area contributed by atoms with Crippen molar-refractivity contribution < 1.29 is 19.4 Å². The fraction of sp³-hybridized carbons (Fsp3) is 0.909. The van der Waals surface area contributed by atoms with Crippen molar-refractivity contribution in [2.45, 2.75) is 26.4 Å². The monoisotopic (exact) mass is 231 g/mol. The third-order valence-electron chi connectivity index (χ3n) is 2.49. The van der Waals surface area contributed by atoms with E-state index in [4.69, 9.17) is 9.47 Å². The van der Waals surface area contributed by atoms with Gasteiger partial charge in [-0.1, -0.05) is 0 Å². The first-order valence-corrected chi connectivity index (χ1v) is 5.40. The van der Waals surface area contributed by atoms with Gasteiger partial charge in [0.25, 0.3) is 0 Å². The SMILES string of the molecule is COCC1(CO)CN(C(=O)OC(C)(C)C)C1. The number of nitrogens with zero attached hydrogens (tertiary/aromatic N) is 1. The predicted octanol–water partition coefficient (Wildman–Crippen LogP) is 0.862. The number of carbonyl (C=O) groups is 1. The summed E-state index contributed by atoms with van der Waals surface area (Å²) in [6, 6.07) is 0. The Morgan fingerprint density at radius 1 is 1.44 bits per heavy atom. The molecule has 0 bridgehead atoms. The molecule has 5 nitrogen and oxygen atoms in total. The van der Waals surface area contributed by atoms with Crippen LogP contribution in [0.15, 0.2) is 0 Å². The average Bonchev–Trinajstić information content (AvgIpc) is 2.07. The summed E-state index contributed by atoms with van der Waals surface area (Å²) in [6.07, 6.45) is -0.326. The number of rotatable bonds is 3. The summed E-state index contributed by atoms with van der Waals surface area (Å²) in [7, 11) is 1.59. The maximum absolute atomic E-state index is 11.6. The van der Waals surface area contributed by atoms with Crippen molar-refractivity contribution in [2.24, 2.45) is 5.41 Å². The summed E-state index contributed by atoms with van der Waals surface area (Å²) in [6.45, 7) is 6.97. The van der Waals surface area contributed by atoms with Crippen LogP contribution in [0.1, 0.15) is 20.8 Å². The second-order valence-electron chi connectivity index (χ2n) is 5.43. The molecule has 1 heterocycles. The number of methoxy groups -OCH3 is 1. The zero-order valence-electron chi connectivity index (χ0n) is 10.4. The number of aliphatic hydroxyl groups is 1. The molecule has 1 amide bonds. The number of carbonyl (C=O) groups excluding carboxylic acids is 1. The third kappa shape index (κ3) is 3.09. The first-order chi connectivity index (χ1) is 7.32. The molecule has 94 valence electrons. The van der Waals surface area contributed by atoms with Crippen LogP contribution in [-0.4, -0.2) is 55.1 Å².